The van der Waals surface area contributed by atoms with Crippen LogP contribution in [0.15, 0.2) is 48.5 Å². The zero-order chi connectivity index (χ0) is 18.7. The van der Waals surface area contributed by atoms with Crippen LogP contribution in [0.3, 0.4) is 0 Å². The molecule has 0 aliphatic carbocycles. The molecule has 2 aromatic carbocycles. The number of nitrogens with one attached hydrogen (secondary N) is 1. The molecule has 0 spiro atoms. The summed E-state index contributed by atoms with van der Waals surface area (Å²) in [5.41, 5.74) is 7.70. The van der Waals surface area contributed by atoms with E-state index in [1.807, 2.05) is 76.2 Å². The SMILES string of the molecule is Cc1ccc(CNC(=O)C(C)(N)c2ccccc2)c(OC(C)(C)C)c1. The molecule has 0 aliphatic heterocycles. The maximum absolute atomic E-state index is 12.6. The van der Waals surface area contributed by atoms with E-state index < -0.39 is 5.54 Å². The van der Waals surface area contributed by atoms with Crippen LogP contribution in [0.1, 0.15) is 44.4 Å². The second-order valence-corrected chi connectivity index (χ2v) is 7.58. The Morgan fingerprint density at radius 3 is 2.32 bits per heavy atom. The Hall–Kier alpha value is -2.33. The van der Waals surface area contributed by atoms with E-state index in [1.54, 1.807) is 6.92 Å². The zero-order valence-corrected chi connectivity index (χ0v) is 15.7. The van der Waals surface area contributed by atoms with Crippen molar-refractivity contribution in [2.45, 2.75) is 52.3 Å². The number of hydrogen-bond acceptors (Lipinski definition) is 3. The zero-order valence-electron chi connectivity index (χ0n) is 15.7. The maximum atomic E-state index is 12.6. The lowest BCUT2D eigenvalue weighted by atomic mass is 9.92. The van der Waals surface area contributed by atoms with Gasteiger partial charge in [-0.05, 0) is 51.8 Å². The van der Waals surface area contributed by atoms with Gasteiger partial charge in [0, 0.05) is 12.1 Å². The summed E-state index contributed by atoms with van der Waals surface area (Å²) in [6, 6.07) is 15.4. The fourth-order valence-electron chi connectivity index (χ4n) is 2.51. The van der Waals surface area contributed by atoms with Gasteiger partial charge in [-0.2, -0.15) is 0 Å². The number of hydrogen-bond donors (Lipinski definition) is 2. The summed E-state index contributed by atoms with van der Waals surface area (Å²) in [6.07, 6.45) is 0. The molecule has 2 rings (SSSR count). The first-order valence-corrected chi connectivity index (χ1v) is 8.51. The van der Waals surface area contributed by atoms with Crippen molar-refractivity contribution < 1.29 is 9.53 Å². The third-order valence-electron chi connectivity index (χ3n) is 3.92. The van der Waals surface area contributed by atoms with E-state index in [-0.39, 0.29) is 11.5 Å². The Bertz CT molecular complexity index is 731. The highest BCUT2D eigenvalue weighted by Gasteiger charge is 2.30. The molecule has 0 aromatic heterocycles. The Labute approximate surface area is 150 Å². The van der Waals surface area contributed by atoms with Crippen molar-refractivity contribution in [3.05, 3.63) is 65.2 Å². The van der Waals surface area contributed by atoms with Crippen LogP contribution in [0.4, 0.5) is 0 Å². The predicted octanol–water partition coefficient (Wildman–Crippen LogP) is 3.66. The Morgan fingerprint density at radius 2 is 1.72 bits per heavy atom. The highest BCUT2D eigenvalue weighted by molar-refractivity contribution is 5.87. The molecule has 0 bridgehead atoms. The van der Waals surface area contributed by atoms with Crippen LogP contribution in [0.25, 0.3) is 0 Å². The number of nitrogens with two attached hydrogens (primary N) is 1. The largest absolute Gasteiger partial charge is 0.488 e. The van der Waals surface area contributed by atoms with E-state index in [9.17, 15) is 4.79 Å². The number of carbonyl (C=O) groups is 1. The number of aryl methyl sites for hydroxylation is 1. The first kappa shape index (κ1) is 19.0. The van der Waals surface area contributed by atoms with Crippen LogP contribution < -0.4 is 15.8 Å². The standard InChI is InChI=1S/C21H28N2O2/c1-15-11-12-16(18(13-15)25-20(2,3)4)14-23-19(24)21(5,22)17-9-7-6-8-10-17/h6-13H,14,22H2,1-5H3,(H,23,24). The molecule has 4 nitrogen and oxygen atoms in total. The van der Waals surface area contributed by atoms with E-state index in [2.05, 4.69) is 5.32 Å². The molecule has 0 fully saturated rings. The predicted molar refractivity (Wildman–Crippen MR) is 101 cm³/mol. The monoisotopic (exact) mass is 340 g/mol. The quantitative estimate of drug-likeness (QED) is 0.873. The molecule has 3 N–H and O–H groups in total. The van der Waals surface area contributed by atoms with Crippen LogP contribution >= 0.6 is 0 Å². The van der Waals surface area contributed by atoms with Crippen LogP contribution in [0.5, 0.6) is 5.75 Å². The van der Waals surface area contributed by atoms with Gasteiger partial charge >= 0.3 is 0 Å². The third-order valence-corrected chi connectivity index (χ3v) is 3.92. The molecule has 0 radical (unpaired) electrons. The lowest BCUT2D eigenvalue weighted by Crippen LogP contribution is -2.48. The number of ether oxygens (including phenoxy) is 1. The summed E-state index contributed by atoms with van der Waals surface area (Å²) in [6.45, 7) is 10.1. The summed E-state index contributed by atoms with van der Waals surface area (Å²) in [7, 11) is 0. The number of carbonyl (C=O) groups excluding carboxylic acids is 1. The molecular weight excluding hydrogens is 312 g/mol. The molecule has 0 saturated heterocycles. The fraction of sp³-hybridized carbons (Fsp3) is 0.381. The molecule has 25 heavy (non-hydrogen) atoms. The molecule has 0 heterocycles. The lowest BCUT2D eigenvalue weighted by Gasteiger charge is -2.26. The van der Waals surface area contributed by atoms with Gasteiger partial charge in [-0.3, -0.25) is 4.79 Å². The van der Waals surface area contributed by atoms with Crippen molar-refractivity contribution in [1.29, 1.82) is 0 Å². The average molecular weight is 340 g/mol. The van der Waals surface area contributed by atoms with Gasteiger partial charge in [0.25, 0.3) is 0 Å². The van der Waals surface area contributed by atoms with E-state index in [4.69, 9.17) is 10.5 Å². The minimum absolute atomic E-state index is 0.221. The summed E-state index contributed by atoms with van der Waals surface area (Å²) in [5, 5.41) is 2.94. The van der Waals surface area contributed by atoms with E-state index in [0.29, 0.717) is 6.54 Å². The fourth-order valence-corrected chi connectivity index (χ4v) is 2.51. The normalized spacial score (nSPS) is 13.8. The molecular formula is C21H28N2O2. The molecule has 4 heteroatoms. The molecule has 1 atom stereocenters. The summed E-state index contributed by atoms with van der Waals surface area (Å²) < 4.78 is 6.03. The number of benzene rings is 2. The second kappa shape index (κ2) is 7.28. The first-order valence-electron chi connectivity index (χ1n) is 8.51. The topological polar surface area (TPSA) is 64.4 Å². The Kier molecular flexibility index (Phi) is 5.53. The van der Waals surface area contributed by atoms with Gasteiger partial charge in [0.2, 0.25) is 5.91 Å². The maximum Gasteiger partial charge on any atom is 0.244 e. The smallest absolute Gasteiger partial charge is 0.244 e. The highest BCUT2D eigenvalue weighted by atomic mass is 16.5. The van der Waals surface area contributed by atoms with Crippen molar-refractivity contribution in [3.8, 4) is 5.75 Å². The van der Waals surface area contributed by atoms with Gasteiger partial charge < -0.3 is 15.8 Å². The van der Waals surface area contributed by atoms with Gasteiger partial charge in [0.15, 0.2) is 0 Å². The highest BCUT2D eigenvalue weighted by Crippen LogP contribution is 2.25. The molecule has 0 saturated carbocycles. The molecule has 134 valence electrons. The van der Waals surface area contributed by atoms with Gasteiger partial charge in [0.1, 0.15) is 16.9 Å². The van der Waals surface area contributed by atoms with Crippen molar-refractivity contribution in [2.24, 2.45) is 5.73 Å². The van der Waals surface area contributed by atoms with Crippen LogP contribution in [-0.2, 0) is 16.9 Å². The van der Waals surface area contributed by atoms with Crippen molar-refractivity contribution in [1.82, 2.24) is 5.32 Å². The van der Waals surface area contributed by atoms with Crippen molar-refractivity contribution in [2.75, 3.05) is 0 Å². The van der Waals surface area contributed by atoms with E-state index in [1.165, 1.54) is 0 Å². The number of rotatable bonds is 5. The summed E-state index contributed by atoms with van der Waals surface area (Å²) in [5.74, 6) is 0.562. The van der Waals surface area contributed by atoms with Gasteiger partial charge in [-0.1, -0.05) is 42.5 Å². The van der Waals surface area contributed by atoms with Gasteiger partial charge in [-0.15, -0.1) is 0 Å². The second-order valence-electron chi connectivity index (χ2n) is 7.58. The summed E-state index contributed by atoms with van der Waals surface area (Å²) >= 11 is 0. The first-order chi connectivity index (χ1) is 11.6. The molecule has 1 amide bonds. The third kappa shape index (κ3) is 5.07. The van der Waals surface area contributed by atoms with Crippen molar-refractivity contribution in [3.63, 3.8) is 0 Å². The molecule has 1 unspecified atom stereocenters. The molecule has 2 aromatic rings. The average Bonchev–Trinajstić information content (AvgIpc) is 2.53. The van der Waals surface area contributed by atoms with Gasteiger partial charge in [-0.25, -0.2) is 0 Å². The summed E-state index contributed by atoms with van der Waals surface area (Å²) in [4.78, 5) is 12.6. The number of amides is 1. The van der Waals surface area contributed by atoms with E-state index >= 15 is 0 Å². The Morgan fingerprint density at radius 1 is 1.08 bits per heavy atom. The van der Waals surface area contributed by atoms with Crippen LogP contribution in [-0.4, -0.2) is 11.5 Å². The minimum Gasteiger partial charge on any atom is -0.488 e. The molecule has 0 aliphatic rings. The van der Waals surface area contributed by atoms with Gasteiger partial charge in [0.05, 0.1) is 0 Å². The van der Waals surface area contributed by atoms with Crippen molar-refractivity contribution >= 4 is 5.91 Å². The minimum atomic E-state index is -1.09. The van der Waals surface area contributed by atoms with E-state index in [0.717, 1.165) is 22.4 Å². The van der Waals surface area contributed by atoms with Crippen LogP contribution in [0.2, 0.25) is 0 Å². The lowest BCUT2D eigenvalue weighted by molar-refractivity contribution is -0.126. The van der Waals surface area contributed by atoms with Crippen LogP contribution in [0, 0.1) is 6.92 Å². The Balaban J connectivity index is 2.14.